The first kappa shape index (κ1) is 12.6. The molecule has 0 fully saturated rings. The van der Waals surface area contributed by atoms with Crippen molar-refractivity contribution in [2.45, 2.75) is 26.3 Å². The zero-order valence-corrected chi connectivity index (χ0v) is 9.42. The highest BCUT2D eigenvalue weighted by atomic mass is 19.1. The van der Waals surface area contributed by atoms with Crippen LogP contribution in [0.15, 0.2) is 18.2 Å². The molecular formula is C11H14F2N2O. The molecule has 2 N–H and O–H groups in total. The molecule has 0 aliphatic carbocycles. The lowest BCUT2D eigenvalue weighted by molar-refractivity contribution is 0.0581. The summed E-state index contributed by atoms with van der Waals surface area (Å²) in [5.74, 6) is 3.35. The van der Waals surface area contributed by atoms with Crippen LogP contribution in [0.1, 0.15) is 31.1 Å². The van der Waals surface area contributed by atoms with Crippen LogP contribution in [0.25, 0.3) is 0 Å². The van der Waals surface area contributed by atoms with E-state index in [9.17, 15) is 13.6 Å². The lowest BCUT2D eigenvalue weighted by Gasteiger charge is -2.31. The highest BCUT2D eigenvalue weighted by Gasteiger charge is 2.25. The van der Waals surface area contributed by atoms with E-state index in [0.717, 1.165) is 17.1 Å². The van der Waals surface area contributed by atoms with Crippen molar-refractivity contribution in [3.8, 4) is 0 Å². The van der Waals surface area contributed by atoms with Crippen LogP contribution in [0.2, 0.25) is 0 Å². The van der Waals surface area contributed by atoms with Crippen LogP contribution in [-0.4, -0.2) is 16.5 Å². The van der Waals surface area contributed by atoms with Gasteiger partial charge in [0.15, 0.2) is 0 Å². The largest absolute Gasteiger partial charge is 0.271 e. The molecule has 1 rings (SSSR count). The molecule has 88 valence electrons. The Kier molecular flexibility index (Phi) is 3.28. The van der Waals surface area contributed by atoms with E-state index in [1.165, 1.54) is 0 Å². The maximum Gasteiger partial charge on any atom is 0.268 e. The standard InChI is InChI=1S/C11H14F2N2O/c1-11(2,3)15(14)10(16)7-4-8(12)6-9(13)5-7/h4-6H,14H2,1-3H3. The van der Waals surface area contributed by atoms with Gasteiger partial charge in [-0.3, -0.25) is 9.80 Å². The van der Waals surface area contributed by atoms with E-state index in [1.807, 2.05) is 0 Å². The topological polar surface area (TPSA) is 46.3 Å². The third-order valence-electron chi connectivity index (χ3n) is 2.05. The second-order valence-corrected chi connectivity index (χ2v) is 4.50. The van der Waals surface area contributed by atoms with Crippen LogP contribution >= 0.6 is 0 Å². The average Bonchev–Trinajstić information content (AvgIpc) is 2.12. The Morgan fingerprint density at radius 2 is 1.62 bits per heavy atom. The number of hydrogen-bond donors (Lipinski definition) is 1. The molecule has 0 radical (unpaired) electrons. The number of halogens is 2. The van der Waals surface area contributed by atoms with Gasteiger partial charge in [0.2, 0.25) is 0 Å². The van der Waals surface area contributed by atoms with E-state index in [0.29, 0.717) is 6.07 Å². The van der Waals surface area contributed by atoms with Crippen LogP contribution in [0.4, 0.5) is 8.78 Å². The van der Waals surface area contributed by atoms with Crippen LogP contribution in [-0.2, 0) is 0 Å². The fourth-order valence-corrected chi connectivity index (χ4v) is 1.12. The van der Waals surface area contributed by atoms with Gasteiger partial charge in [0.05, 0.1) is 5.54 Å². The number of rotatable bonds is 1. The van der Waals surface area contributed by atoms with Gasteiger partial charge in [0, 0.05) is 11.6 Å². The lowest BCUT2D eigenvalue weighted by atomic mass is 10.1. The van der Waals surface area contributed by atoms with Gasteiger partial charge >= 0.3 is 0 Å². The van der Waals surface area contributed by atoms with Crippen LogP contribution < -0.4 is 5.84 Å². The number of amides is 1. The third-order valence-corrected chi connectivity index (χ3v) is 2.05. The Bertz CT molecular complexity index is 393. The Labute approximate surface area is 92.8 Å². The van der Waals surface area contributed by atoms with Gasteiger partial charge in [-0.05, 0) is 32.9 Å². The lowest BCUT2D eigenvalue weighted by Crippen LogP contribution is -2.50. The van der Waals surface area contributed by atoms with Crippen molar-refractivity contribution < 1.29 is 13.6 Å². The zero-order chi connectivity index (χ0) is 12.5. The average molecular weight is 228 g/mol. The van der Waals surface area contributed by atoms with E-state index in [2.05, 4.69) is 0 Å². The Morgan fingerprint density at radius 3 is 2.00 bits per heavy atom. The highest BCUT2D eigenvalue weighted by molar-refractivity contribution is 5.94. The summed E-state index contributed by atoms with van der Waals surface area (Å²) >= 11 is 0. The summed E-state index contributed by atoms with van der Waals surface area (Å²) in [4.78, 5) is 11.8. The molecule has 1 amide bonds. The summed E-state index contributed by atoms with van der Waals surface area (Å²) in [5, 5.41) is 0.946. The molecule has 0 spiro atoms. The summed E-state index contributed by atoms with van der Waals surface area (Å²) in [6, 6.07) is 2.61. The van der Waals surface area contributed by atoms with Crippen LogP contribution in [0.5, 0.6) is 0 Å². The molecule has 0 atom stereocenters. The summed E-state index contributed by atoms with van der Waals surface area (Å²) in [7, 11) is 0. The van der Waals surface area contributed by atoms with E-state index in [-0.39, 0.29) is 5.56 Å². The fraction of sp³-hybridized carbons (Fsp3) is 0.364. The second-order valence-electron chi connectivity index (χ2n) is 4.50. The van der Waals surface area contributed by atoms with Crippen LogP contribution in [0.3, 0.4) is 0 Å². The molecule has 1 aromatic rings. The Hall–Kier alpha value is -1.49. The summed E-state index contributed by atoms with van der Waals surface area (Å²) < 4.78 is 25.8. The molecule has 0 aliphatic heterocycles. The van der Waals surface area contributed by atoms with Crippen molar-refractivity contribution in [2.75, 3.05) is 0 Å². The number of hydrazine groups is 1. The summed E-state index contributed by atoms with van der Waals surface area (Å²) in [5.41, 5.74) is -0.713. The first-order valence-electron chi connectivity index (χ1n) is 4.77. The van der Waals surface area contributed by atoms with E-state index in [1.54, 1.807) is 20.8 Å². The number of carbonyl (C=O) groups is 1. The molecule has 0 heterocycles. The van der Waals surface area contributed by atoms with Crippen molar-refractivity contribution in [1.29, 1.82) is 0 Å². The van der Waals surface area contributed by atoms with Gasteiger partial charge in [-0.25, -0.2) is 14.6 Å². The maximum atomic E-state index is 12.9. The smallest absolute Gasteiger partial charge is 0.268 e. The second kappa shape index (κ2) is 4.17. The zero-order valence-electron chi connectivity index (χ0n) is 9.42. The summed E-state index contributed by atoms with van der Waals surface area (Å²) in [6.45, 7) is 5.17. The van der Waals surface area contributed by atoms with Gasteiger partial charge in [0.25, 0.3) is 5.91 Å². The minimum absolute atomic E-state index is 0.102. The predicted molar refractivity (Wildman–Crippen MR) is 56.5 cm³/mol. The van der Waals surface area contributed by atoms with Gasteiger partial charge in [-0.1, -0.05) is 0 Å². The van der Waals surface area contributed by atoms with Crippen molar-refractivity contribution in [3.63, 3.8) is 0 Å². The molecule has 3 nitrogen and oxygen atoms in total. The summed E-state index contributed by atoms with van der Waals surface area (Å²) in [6.07, 6.45) is 0. The van der Waals surface area contributed by atoms with Gasteiger partial charge < -0.3 is 0 Å². The third kappa shape index (κ3) is 2.76. The van der Waals surface area contributed by atoms with E-state index >= 15 is 0 Å². The monoisotopic (exact) mass is 228 g/mol. The van der Waals surface area contributed by atoms with E-state index in [4.69, 9.17) is 5.84 Å². The number of nitrogens with zero attached hydrogens (tertiary/aromatic N) is 1. The quantitative estimate of drug-likeness (QED) is 0.454. The van der Waals surface area contributed by atoms with Crippen molar-refractivity contribution in [2.24, 2.45) is 5.84 Å². The molecule has 0 unspecified atom stereocenters. The van der Waals surface area contributed by atoms with Crippen LogP contribution in [0, 0.1) is 11.6 Å². The Balaban J connectivity index is 3.06. The molecule has 0 aliphatic rings. The molecule has 0 saturated carbocycles. The number of nitrogens with two attached hydrogens (primary N) is 1. The fourth-order valence-electron chi connectivity index (χ4n) is 1.12. The molecule has 0 aromatic heterocycles. The van der Waals surface area contributed by atoms with Gasteiger partial charge in [0.1, 0.15) is 11.6 Å². The maximum absolute atomic E-state index is 12.9. The highest BCUT2D eigenvalue weighted by Crippen LogP contribution is 2.15. The molecule has 0 bridgehead atoms. The Morgan fingerprint density at radius 1 is 1.19 bits per heavy atom. The van der Waals surface area contributed by atoms with Gasteiger partial charge in [-0.15, -0.1) is 0 Å². The van der Waals surface area contributed by atoms with E-state index < -0.39 is 23.1 Å². The van der Waals surface area contributed by atoms with Crippen molar-refractivity contribution in [3.05, 3.63) is 35.4 Å². The molecular weight excluding hydrogens is 214 g/mol. The molecule has 0 saturated heterocycles. The first-order valence-corrected chi connectivity index (χ1v) is 4.77. The minimum Gasteiger partial charge on any atom is -0.271 e. The molecule has 5 heteroatoms. The number of benzene rings is 1. The molecule has 1 aromatic carbocycles. The minimum atomic E-state index is -0.800. The van der Waals surface area contributed by atoms with Crippen molar-refractivity contribution >= 4 is 5.91 Å². The number of carbonyl (C=O) groups excluding carboxylic acids is 1. The normalized spacial score (nSPS) is 11.4. The van der Waals surface area contributed by atoms with Gasteiger partial charge in [-0.2, -0.15) is 0 Å². The number of hydrogen-bond acceptors (Lipinski definition) is 2. The molecule has 16 heavy (non-hydrogen) atoms. The predicted octanol–water partition coefficient (Wildman–Crippen LogP) is 2.08. The van der Waals surface area contributed by atoms with Crippen molar-refractivity contribution in [1.82, 2.24) is 5.01 Å². The SMILES string of the molecule is CC(C)(C)N(N)C(=O)c1cc(F)cc(F)c1. The first-order chi connectivity index (χ1) is 7.21.